The second-order valence-corrected chi connectivity index (χ2v) is 6.33. The minimum Gasteiger partial charge on any atom is -0.456 e. The van der Waals surface area contributed by atoms with Crippen LogP contribution in [0.4, 0.5) is 5.95 Å². The average Bonchev–Trinajstić information content (AvgIpc) is 3.07. The van der Waals surface area contributed by atoms with E-state index < -0.39 is 5.97 Å². The third-order valence-electron chi connectivity index (χ3n) is 3.07. The third kappa shape index (κ3) is 5.96. The molecule has 0 aromatic carbocycles. The number of esters is 1. The molecule has 9 heteroatoms. The maximum absolute atomic E-state index is 12.1. The minimum absolute atomic E-state index is 0.0600. The predicted octanol–water partition coefficient (Wildman–Crippen LogP) is 1.04. The highest BCUT2D eigenvalue weighted by molar-refractivity contribution is 7.14. The summed E-state index contributed by atoms with van der Waals surface area (Å²) in [4.78, 5) is 45.7. The Balaban J connectivity index is 1.79. The Hall–Kier alpha value is -2.81. The monoisotopic (exact) mass is 362 g/mol. The largest absolute Gasteiger partial charge is 0.456 e. The molecule has 0 unspecified atom stereocenters. The Labute approximate surface area is 148 Å². The zero-order chi connectivity index (χ0) is 18.2. The van der Waals surface area contributed by atoms with Crippen LogP contribution < -0.4 is 10.2 Å². The molecule has 0 radical (unpaired) electrons. The summed E-state index contributed by atoms with van der Waals surface area (Å²) in [6, 6.07) is 5.09. The van der Waals surface area contributed by atoms with Gasteiger partial charge in [0.15, 0.2) is 6.61 Å². The first-order valence-corrected chi connectivity index (χ1v) is 8.27. The molecule has 132 valence electrons. The summed E-state index contributed by atoms with van der Waals surface area (Å²) < 4.78 is 5.01. The number of carbonyl (C=O) groups excluding carboxylic acids is 3. The van der Waals surface area contributed by atoms with Crippen molar-refractivity contribution in [3.63, 3.8) is 0 Å². The maximum Gasteiger partial charge on any atom is 0.326 e. The van der Waals surface area contributed by atoms with Gasteiger partial charge in [-0.25, -0.2) is 9.97 Å². The molecule has 0 aliphatic rings. The van der Waals surface area contributed by atoms with E-state index in [4.69, 9.17) is 4.74 Å². The molecule has 2 aromatic heterocycles. The Morgan fingerprint density at radius 2 is 1.96 bits per heavy atom. The number of aromatic nitrogens is 2. The molecule has 0 spiro atoms. The fourth-order valence-electron chi connectivity index (χ4n) is 1.85. The SMILES string of the molecule is CC(=O)NCc1ccc(C(=O)COC(=O)CN(C)c2ncccn2)s1. The predicted molar refractivity (Wildman–Crippen MR) is 92.4 cm³/mol. The van der Waals surface area contributed by atoms with E-state index in [1.165, 1.54) is 23.2 Å². The van der Waals surface area contributed by atoms with Gasteiger partial charge < -0.3 is 15.0 Å². The van der Waals surface area contributed by atoms with Crippen LogP contribution in [-0.2, 0) is 20.9 Å². The van der Waals surface area contributed by atoms with Crippen LogP contribution in [0, 0.1) is 0 Å². The lowest BCUT2D eigenvalue weighted by Crippen LogP contribution is -2.29. The van der Waals surface area contributed by atoms with Crippen molar-refractivity contribution in [2.45, 2.75) is 13.5 Å². The summed E-state index contributed by atoms with van der Waals surface area (Å²) in [7, 11) is 1.66. The molecule has 0 atom stereocenters. The van der Waals surface area contributed by atoms with Gasteiger partial charge in [0, 0.05) is 31.2 Å². The van der Waals surface area contributed by atoms with E-state index in [9.17, 15) is 14.4 Å². The molecular formula is C16H18N4O4S. The summed E-state index contributed by atoms with van der Waals surface area (Å²) in [6.07, 6.45) is 3.14. The molecule has 0 fully saturated rings. The van der Waals surface area contributed by atoms with E-state index >= 15 is 0 Å². The van der Waals surface area contributed by atoms with Crippen molar-refractivity contribution >= 4 is 34.9 Å². The van der Waals surface area contributed by atoms with Crippen LogP contribution in [0.15, 0.2) is 30.6 Å². The first-order chi connectivity index (χ1) is 12.0. The van der Waals surface area contributed by atoms with Crippen molar-refractivity contribution in [1.82, 2.24) is 15.3 Å². The van der Waals surface area contributed by atoms with E-state index in [1.807, 2.05) is 0 Å². The highest BCUT2D eigenvalue weighted by Gasteiger charge is 2.15. The van der Waals surface area contributed by atoms with Crippen LogP contribution in [0.2, 0.25) is 0 Å². The minimum atomic E-state index is -0.543. The van der Waals surface area contributed by atoms with E-state index in [0.717, 1.165) is 4.88 Å². The summed E-state index contributed by atoms with van der Waals surface area (Å²) >= 11 is 1.26. The summed E-state index contributed by atoms with van der Waals surface area (Å²) in [5.41, 5.74) is 0. The van der Waals surface area contributed by atoms with Gasteiger partial charge in [0.2, 0.25) is 17.6 Å². The van der Waals surface area contributed by atoms with Gasteiger partial charge in [-0.3, -0.25) is 14.4 Å². The van der Waals surface area contributed by atoms with E-state index in [1.54, 1.807) is 37.6 Å². The van der Waals surface area contributed by atoms with Gasteiger partial charge in [0.25, 0.3) is 0 Å². The number of amides is 1. The lowest BCUT2D eigenvalue weighted by Gasteiger charge is -2.15. The van der Waals surface area contributed by atoms with E-state index in [0.29, 0.717) is 17.4 Å². The summed E-state index contributed by atoms with van der Waals surface area (Å²) in [6.45, 7) is 1.41. The lowest BCUT2D eigenvalue weighted by atomic mass is 10.3. The highest BCUT2D eigenvalue weighted by atomic mass is 32.1. The number of thiophene rings is 1. The van der Waals surface area contributed by atoms with Crippen molar-refractivity contribution in [1.29, 1.82) is 0 Å². The van der Waals surface area contributed by atoms with Crippen LogP contribution in [0.25, 0.3) is 0 Å². The van der Waals surface area contributed by atoms with Gasteiger partial charge in [0.1, 0.15) is 6.54 Å². The number of rotatable bonds is 8. The van der Waals surface area contributed by atoms with Gasteiger partial charge in [-0.05, 0) is 18.2 Å². The second-order valence-electron chi connectivity index (χ2n) is 5.16. The van der Waals surface area contributed by atoms with Crippen LogP contribution >= 0.6 is 11.3 Å². The number of ether oxygens (including phenoxy) is 1. The zero-order valence-corrected chi connectivity index (χ0v) is 14.7. The Morgan fingerprint density at radius 1 is 1.24 bits per heavy atom. The van der Waals surface area contributed by atoms with Crippen molar-refractivity contribution in [3.8, 4) is 0 Å². The Bertz CT molecular complexity index is 748. The fourth-order valence-corrected chi connectivity index (χ4v) is 2.72. The van der Waals surface area contributed by atoms with Crippen LogP contribution in [-0.4, -0.2) is 47.8 Å². The molecule has 1 amide bonds. The number of nitrogens with zero attached hydrogens (tertiary/aromatic N) is 3. The van der Waals surface area contributed by atoms with Gasteiger partial charge >= 0.3 is 5.97 Å². The average molecular weight is 362 g/mol. The number of carbonyl (C=O) groups is 3. The molecule has 1 N–H and O–H groups in total. The number of hydrogen-bond donors (Lipinski definition) is 1. The number of anilines is 1. The number of ketones is 1. The molecular weight excluding hydrogens is 344 g/mol. The van der Waals surface area contributed by atoms with Crippen molar-refractivity contribution < 1.29 is 19.1 Å². The van der Waals surface area contributed by atoms with E-state index in [2.05, 4.69) is 15.3 Å². The molecule has 25 heavy (non-hydrogen) atoms. The molecule has 0 saturated carbocycles. The topological polar surface area (TPSA) is 101 Å². The van der Waals surface area contributed by atoms with Gasteiger partial charge in [0.05, 0.1) is 11.4 Å². The van der Waals surface area contributed by atoms with Crippen LogP contribution in [0.3, 0.4) is 0 Å². The molecule has 0 saturated heterocycles. The Morgan fingerprint density at radius 3 is 2.64 bits per heavy atom. The standard InChI is InChI=1S/C16H18N4O4S/c1-11(21)19-8-12-4-5-14(25-12)13(22)10-24-15(23)9-20(2)16-17-6-3-7-18-16/h3-7H,8-10H2,1-2H3,(H,19,21). The molecule has 2 heterocycles. The number of likely N-dealkylation sites (N-methyl/N-ethyl adjacent to an activating group) is 1. The van der Waals surface area contributed by atoms with Crippen molar-refractivity contribution in [2.24, 2.45) is 0 Å². The first-order valence-electron chi connectivity index (χ1n) is 7.46. The maximum atomic E-state index is 12.1. The quantitative estimate of drug-likeness (QED) is 0.553. The number of hydrogen-bond acceptors (Lipinski definition) is 8. The van der Waals surface area contributed by atoms with Gasteiger partial charge in [-0.1, -0.05) is 0 Å². The second kappa shape index (κ2) is 8.88. The molecule has 0 bridgehead atoms. The molecule has 8 nitrogen and oxygen atoms in total. The smallest absolute Gasteiger partial charge is 0.326 e. The highest BCUT2D eigenvalue weighted by Crippen LogP contribution is 2.17. The molecule has 2 aromatic rings. The number of Topliss-reactive ketones (excluding diaryl/α,β-unsaturated/α-hetero) is 1. The summed E-state index contributed by atoms with van der Waals surface area (Å²) in [5, 5.41) is 2.66. The fraction of sp³-hybridized carbons (Fsp3) is 0.312. The lowest BCUT2D eigenvalue weighted by molar-refractivity contribution is -0.140. The molecule has 0 aliphatic heterocycles. The van der Waals surface area contributed by atoms with Crippen molar-refractivity contribution in [2.75, 3.05) is 25.1 Å². The number of nitrogens with one attached hydrogen (secondary N) is 1. The van der Waals surface area contributed by atoms with Crippen molar-refractivity contribution in [3.05, 3.63) is 40.3 Å². The summed E-state index contributed by atoms with van der Waals surface area (Å²) in [5.74, 6) is -0.572. The van der Waals surface area contributed by atoms with Crippen LogP contribution in [0.1, 0.15) is 21.5 Å². The normalized spacial score (nSPS) is 10.2. The van der Waals surface area contributed by atoms with Gasteiger partial charge in [-0.2, -0.15) is 0 Å². The van der Waals surface area contributed by atoms with Gasteiger partial charge in [-0.15, -0.1) is 11.3 Å². The third-order valence-corrected chi connectivity index (χ3v) is 4.20. The molecule has 0 aliphatic carbocycles. The van der Waals surface area contributed by atoms with E-state index in [-0.39, 0.29) is 24.8 Å². The molecule has 2 rings (SSSR count). The first kappa shape index (κ1) is 18.5. The Kier molecular flexibility index (Phi) is 6.58. The zero-order valence-electron chi connectivity index (χ0n) is 13.9. The van der Waals surface area contributed by atoms with Crippen LogP contribution in [0.5, 0.6) is 0 Å².